The quantitative estimate of drug-likeness (QED) is 0.416. The Kier molecular flexibility index (Phi) is 6.44. The fourth-order valence-electron chi connectivity index (χ4n) is 3.09. The number of thiophene rings is 1. The maximum absolute atomic E-state index is 12.8. The highest BCUT2D eigenvalue weighted by Crippen LogP contribution is 2.36. The molecule has 2 aromatic carbocycles. The molecule has 9 heteroatoms. The van der Waals surface area contributed by atoms with Crippen LogP contribution >= 0.6 is 23.1 Å². The lowest BCUT2D eigenvalue weighted by Crippen LogP contribution is -2.37. The van der Waals surface area contributed by atoms with Crippen molar-refractivity contribution in [2.75, 3.05) is 0 Å². The van der Waals surface area contributed by atoms with Gasteiger partial charge in [-0.15, -0.1) is 21.5 Å². The van der Waals surface area contributed by atoms with Crippen molar-refractivity contribution in [3.63, 3.8) is 0 Å². The highest BCUT2D eigenvalue weighted by Gasteiger charge is 2.27. The Morgan fingerprint density at radius 1 is 1.00 bits per heavy atom. The topological polar surface area (TPSA) is 103 Å². The Bertz CT molecular complexity index is 1160. The van der Waals surface area contributed by atoms with Crippen molar-refractivity contribution in [1.29, 1.82) is 0 Å². The van der Waals surface area contributed by atoms with Gasteiger partial charge in [-0.3, -0.25) is 14.7 Å². The Hall–Kier alpha value is -3.43. The van der Waals surface area contributed by atoms with Crippen LogP contribution in [0, 0.1) is 0 Å². The van der Waals surface area contributed by atoms with Crippen molar-refractivity contribution in [2.24, 2.45) is 5.73 Å². The molecule has 4 rings (SSSR count). The Balaban J connectivity index is 1.74. The van der Waals surface area contributed by atoms with Crippen molar-refractivity contribution in [2.45, 2.75) is 16.8 Å². The van der Waals surface area contributed by atoms with Crippen LogP contribution in [0.4, 0.5) is 4.79 Å². The molecule has 7 nitrogen and oxygen atoms in total. The summed E-state index contributed by atoms with van der Waals surface area (Å²) in [5.41, 5.74) is 6.81. The summed E-state index contributed by atoms with van der Waals surface area (Å²) in [6.07, 6.45) is 0.615. The number of rotatable bonds is 7. The summed E-state index contributed by atoms with van der Waals surface area (Å²) in [6, 6.07) is 22.1. The van der Waals surface area contributed by atoms with E-state index in [9.17, 15) is 9.59 Å². The first-order valence-electron chi connectivity index (χ1n) is 9.46. The number of para-hydroxylation sites is 1. The van der Waals surface area contributed by atoms with E-state index in [-0.39, 0.29) is 0 Å². The third-order valence-corrected chi connectivity index (χ3v) is 6.51. The predicted molar refractivity (Wildman–Crippen MR) is 121 cm³/mol. The largest absolute Gasteiger partial charge is 0.351 e. The first-order chi connectivity index (χ1) is 15.1. The van der Waals surface area contributed by atoms with E-state index in [0.717, 1.165) is 22.0 Å². The van der Waals surface area contributed by atoms with E-state index in [1.54, 1.807) is 11.3 Å². The number of nitrogens with zero attached hydrogens (tertiary/aromatic N) is 3. The van der Waals surface area contributed by atoms with Gasteiger partial charge >= 0.3 is 6.03 Å². The van der Waals surface area contributed by atoms with E-state index in [0.29, 0.717) is 11.6 Å². The molecule has 1 atom stereocenters. The minimum Gasteiger partial charge on any atom is -0.351 e. The van der Waals surface area contributed by atoms with Gasteiger partial charge in [0.25, 0.3) is 0 Å². The van der Waals surface area contributed by atoms with Crippen LogP contribution in [0.15, 0.2) is 83.3 Å². The van der Waals surface area contributed by atoms with Gasteiger partial charge in [-0.1, -0.05) is 66.4 Å². The first-order valence-corrected chi connectivity index (χ1v) is 11.2. The second-order valence-corrected chi connectivity index (χ2v) is 8.69. The van der Waals surface area contributed by atoms with Crippen molar-refractivity contribution in [3.05, 3.63) is 94.4 Å². The van der Waals surface area contributed by atoms with E-state index >= 15 is 0 Å². The molecule has 0 unspecified atom stereocenters. The molecule has 0 spiro atoms. The lowest BCUT2D eigenvalue weighted by Gasteiger charge is -2.16. The zero-order valence-electron chi connectivity index (χ0n) is 16.3. The van der Waals surface area contributed by atoms with Crippen molar-refractivity contribution < 1.29 is 9.59 Å². The molecule has 156 valence electrons. The second-order valence-electron chi connectivity index (χ2n) is 6.59. The van der Waals surface area contributed by atoms with Crippen LogP contribution in [0.25, 0.3) is 5.69 Å². The molecule has 31 heavy (non-hydrogen) atoms. The minimum absolute atomic E-state index is 0.508. The van der Waals surface area contributed by atoms with Crippen LogP contribution in [0.1, 0.15) is 21.5 Å². The van der Waals surface area contributed by atoms with Gasteiger partial charge in [0.2, 0.25) is 5.91 Å². The summed E-state index contributed by atoms with van der Waals surface area (Å²) in [5.74, 6) is 0.254. The number of carbonyl (C=O) groups is 2. The van der Waals surface area contributed by atoms with E-state index in [1.165, 1.54) is 11.8 Å². The number of imide groups is 1. The molecule has 4 aromatic rings. The van der Waals surface area contributed by atoms with Gasteiger partial charge in [-0.2, -0.15) is 0 Å². The lowest BCUT2D eigenvalue weighted by molar-refractivity contribution is -0.119. The molecule has 0 aliphatic heterocycles. The van der Waals surface area contributed by atoms with Gasteiger partial charge < -0.3 is 5.73 Å². The van der Waals surface area contributed by atoms with Crippen LogP contribution < -0.4 is 11.1 Å². The lowest BCUT2D eigenvalue weighted by atomic mass is 10.1. The molecule has 0 fully saturated rings. The van der Waals surface area contributed by atoms with Crippen LogP contribution in [0.3, 0.4) is 0 Å². The maximum Gasteiger partial charge on any atom is 0.318 e. The number of nitrogens with one attached hydrogen (secondary N) is 1. The summed E-state index contributed by atoms with van der Waals surface area (Å²) in [7, 11) is 0. The van der Waals surface area contributed by atoms with Crippen LogP contribution in [0.5, 0.6) is 0 Å². The van der Waals surface area contributed by atoms with Crippen molar-refractivity contribution in [1.82, 2.24) is 20.1 Å². The summed E-state index contributed by atoms with van der Waals surface area (Å²) in [4.78, 5) is 25.3. The molecule has 0 radical (unpaired) electrons. The highest BCUT2D eigenvalue weighted by atomic mass is 32.2. The molecule has 2 heterocycles. The molecular formula is C22H19N5O2S2. The molecule has 0 aliphatic rings. The number of carbonyl (C=O) groups excluding carboxylic acids is 2. The normalized spacial score (nSPS) is 11.7. The van der Waals surface area contributed by atoms with E-state index in [2.05, 4.69) is 21.6 Å². The maximum atomic E-state index is 12.8. The third kappa shape index (κ3) is 5.01. The fraction of sp³-hybridized carbons (Fsp3) is 0.0909. The number of aromatic nitrogens is 3. The summed E-state index contributed by atoms with van der Waals surface area (Å²) in [5, 5.41) is 12.8. The molecule has 0 saturated heterocycles. The average molecular weight is 450 g/mol. The zero-order valence-corrected chi connectivity index (χ0v) is 18.0. The highest BCUT2D eigenvalue weighted by molar-refractivity contribution is 8.00. The number of benzene rings is 2. The third-order valence-electron chi connectivity index (χ3n) is 4.44. The van der Waals surface area contributed by atoms with Gasteiger partial charge in [0.05, 0.1) is 0 Å². The molecule has 2 aromatic heterocycles. The van der Waals surface area contributed by atoms with Gasteiger partial charge in [0, 0.05) is 17.0 Å². The second kappa shape index (κ2) is 9.59. The monoisotopic (exact) mass is 449 g/mol. The predicted octanol–water partition coefficient (Wildman–Crippen LogP) is 3.95. The zero-order chi connectivity index (χ0) is 21.6. The Morgan fingerprint density at radius 2 is 1.71 bits per heavy atom. The minimum atomic E-state index is -0.894. The van der Waals surface area contributed by atoms with Gasteiger partial charge in [-0.05, 0) is 29.1 Å². The number of hydrogen-bond acceptors (Lipinski definition) is 6. The smallest absolute Gasteiger partial charge is 0.318 e. The Morgan fingerprint density at radius 3 is 2.35 bits per heavy atom. The number of hydrogen-bond donors (Lipinski definition) is 2. The fourth-order valence-corrected chi connectivity index (χ4v) is 4.87. The van der Waals surface area contributed by atoms with Crippen molar-refractivity contribution >= 4 is 35.0 Å². The summed E-state index contributed by atoms with van der Waals surface area (Å²) in [6.45, 7) is 0. The number of thioether (sulfide) groups is 1. The number of primary amides is 1. The van der Waals surface area contributed by atoms with E-state index in [4.69, 9.17) is 5.73 Å². The summed E-state index contributed by atoms with van der Waals surface area (Å²) >= 11 is 2.87. The number of urea groups is 1. The molecule has 0 saturated carbocycles. The molecule has 0 aliphatic carbocycles. The van der Waals surface area contributed by atoms with Crippen LogP contribution in [-0.2, 0) is 11.2 Å². The van der Waals surface area contributed by atoms with Gasteiger partial charge in [0.1, 0.15) is 11.1 Å². The SMILES string of the molecule is NC(=O)NC(=O)[C@@H](Sc1nnc(Cc2cccs2)n1-c1ccccc1)c1ccccc1. The molecule has 0 bridgehead atoms. The van der Waals surface area contributed by atoms with Gasteiger partial charge in [-0.25, -0.2) is 4.79 Å². The Labute approximate surface area is 187 Å². The number of amides is 3. The first kappa shape index (κ1) is 20.8. The van der Waals surface area contributed by atoms with Gasteiger partial charge in [0.15, 0.2) is 5.16 Å². The molecule has 3 N–H and O–H groups in total. The molecular weight excluding hydrogens is 430 g/mol. The van der Waals surface area contributed by atoms with Crippen molar-refractivity contribution in [3.8, 4) is 5.69 Å². The van der Waals surface area contributed by atoms with E-state index < -0.39 is 17.2 Å². The standard InChI is InChI=1S/C22H19N5O2S2/c23-21(29)24-20(28)19(15-8-3-1-4-9-15)31-22-26-25-18(14-17-12-7-13-30-17)27(22)16-10-5-2-6-11-16/h1-13,19H,14H2,(H3,23,24,28,29)/t19-/m0/s1. The molecule has 3 amide bonds. The van der Waals surface area contributed by atoms with E-state index in [1.807, 2.05) is 76.7 Å². The van der Waals surface area contributed by atoms with Crippen LogP contribution in [-0.4, -0.2) is 26.7 Å². The van der Waals surface area contributed by atoms with Crippen LogP contribution in [0.2, 0.25) is 0 Å². The number of nitrogens with two attached hydrogens (primary N) is 1. The summed E-state index contributed by atoms with van der Waals surface area (Å²) < 4.78 is 1.94. The average Bonchev–Trinajstić information content (AvgIpc) is 3.43.